The molecule has 2 saturated heterocycles. The van der Waals surface area contributed by atoms with Gasteiger partial charge in [-0.3, -0.25) is 4.79 Å². The third-order valence-electron chi connectivity index (χ3n) is 5.17. The Labute approximate surface area is 144 Å². The molecule has 0 aliphatic carbocycles. The number of piperazine rings is 1. The lowest BCUT2D eigenvalue weighted by molar-refractivity contribution is -0.132. The number of carbonyl (C=O) groups is 1. The van der Waals surface area contributed by atoms with Gasteiger partial charge in [-0.1, -0.05) is 12.1 Å². The quantitative estimate of drug-likeness (QED) is 0.831. The number of methoxy groups -OCH3 is 1. The number of benzene rings is 1. The molecule has 2 fully saturated rings. The zero-order valence-corrected chi connectivity index (χ0v) is 14.6. The van der Waals surface area contributed by atoms with Gasteiger partial charge in [0.15, 0.2) is 0 Å². The molecule has 2 heterocycles. The second kappa shape index (κ2) is 8.38. The zero-order chi connectivity index (χ0) is 16.8. The fourth-order valence-electron chi connectivity index (χ4n) is 3.61. The lowest BCUT2D eigenvalue weighted by Crippen LogP contribution is -2.48. The van der Waals surface area contributed by atoms with Crippen molar-refractivity contribution in [1.82, 2.24) is 4.90 Å². The molecular weight excluding hydrogens is 304 g/mol. The van der Waals surface area contributed by atoms with Gasteiger partial charge in [-0.15, -0.1) is 0 Å². The molecule has 2 aliphatic heterocycles. The Balaban J connectivity index is 1.46. The van der Waals surface area contributed by atoms with Crippen LogP contribution < -0.4 is 9.64 Å². The van der Waals surface area contributed by atoms with Gasteiger partial charge < -0.3 is 19.3 Å². The Morgan fingerprint density at radius 3 is 2.58 bits per heavy atom. The van der Waals surface area contributed by atoms with Crippen molar-refractivity contribution in [3.8, 4) is 5.75 Å². The summed E-state index contributed by atoms with van der Waals surface area (Å²) in [5.41, 5.74) is 1.12. The van der Waals surface area contributed by atoms with E-state index in [1.807, 2.05) is 23.1 Å². The number of hydrogen-bond acceptors (Lipinski definition) is 4. The van der Waals surface area contributed by atoms with Crippen molar-refractivity contribution in [1.29, 1.82) is 0 Å². The highest BCUT2D eigenvalue weighted by Gasteiger charge is 2.23. The van der Waals surface area contributed by atoms with E-state index in [1.165, 1.54) is 0 Å². The molecule has 3 rings (SSSR count). The van der Waals surface area contributed by atoms with E-state index in [0.717, 1.165) is 70.1 Å². The van der Waals surface area contributed by atoms with E-state index in [-0.39, 0.29) is 0 Å². The van der Waals surface area contributed by atoms with E-state index in [0.29, 0.717) is 18.2 Å². The van der Waals surface area contributed by atoms with Gasteiger partial charge in [-0.25, -0.2) is 0 Å². The number of anilines is 1. The van der Waals surface area contributed by atoms with Gasteiger partial charge >= 0.3 is 0 Å². The predicted molar refractivity (Wildman–Crippen MR) is 94.6 cm³/mol. The first-order valence-corrected chi connectivity index (χ1v) is 9.01. The predicted octanol–water partition coefficient (Wildman–Crippen LogP) is 2.55. The molecule has 24 heavy (non-hydrogen) atoms. The third-order valence-corrected chi connectivity index (χ3v) is 5.17. The van der Waals surface area contributed by atoms with Gasteiger partial charge in [0.25, 0.3) is 0 Å². The maximum Gasteiger partial charge on any atom is 0.222 e. The van der Waals surface area contributed by atoms with Gasteiger partial charge in [0.2, 0.25) is 5.91 Å². The Bertz CT molecular complexity index is 535. The minimum absolute atomic E-state index is 0.307. The summed E-state index contributed by atoms with van der Waals surface area (Å²) < 4.78 is 10.8. The van der Waals surface area contributed by atoms with Crippen molar-refractivity contribution < 1.29 is 14.3 Å². The maximum absolute atomic E-state index is 12.5. The van der Waals surface area contributed by atoms with Crippen LogP contribution in [0.25, 0.3) is 0 Å². The molecule has 0 aromatic heterocycles. The maximum atomic E-state index is 12.5. The van der Waals surface area contributed by atoms with E-state index in [9.17, 15) is 4.79 Å². The Morgan fingerprint density at radius 1 is 1.17 bits per heavy atom. The summed E-state index contributed by atoms with van der Waals surface area (Å²) in [5, 5.41) is 0. The number of amides is 1. The molecule has 0 atom stereocenters. The molecule has 0 unspecified atom stereocenters. The summed E-state index contributed by atoms with van der Waals surface area (Å²) in [6.07, 6.45) is 3.90. The fraction of sp³-hybridized carbons (Fsp3) is 0.632. The van der Waals surface area contributed by atoms with Gasteiger partial charge in [-0.05, 0) is 37.3 Å². The van der Waals surface area contributed by atoms with Crippen molar-refractivity contribution in [3.63, 3.8) is 0 Å². The molecule has 0 N–H and O–H groups in total. The minimum atomic E-state index is 0.307. The lowest BCUT2D eigenvalue weighted by atomic mass is 9.94. The van der Waals surface area contributed by atoms with Crippen LogP contribution in [-0.4, -0.2) is 57.3 Å². The van der Waals surface area contributed by atoms with Gasteiger partial charge in [0.1, 0.15) is 5.75 Å². The van der Waals surface area contributed by atoms with Crippen LogP contribution >= 0.6 is 0 Å². The SMILES string of the molecule is COc1ccccc1N1CCN(C(=O)CCC2CCOCC2)CC1. The highest BCUT2D eigenvalue weighted by molar-refractivity contribution is 5.76. The Morgan fingerprint density at radius 2 is 1.88 bits per heavy atom. The molecule has 1 amide bonds. The van der Waals surface area contributed by atoms with E-state index >= 15 is 0 Å². The van der Waals surface area contributed by atoms with Gasteiger partial charge in [0, 0.05) is 45.8 Å². The van der Waals surface area contributed by atoms with Crippen LogP contribution in [0.3, 0.4) is 0 Å². The van der Waals surface area contributed by atoms with Crippen molar-refractivity contribution in [2.75, 3.05) is 51.4 Å². The summed E-state index contributed by atoms with van der Waals surface area (Å²) in [4.78, 5) is 16.8. The minimum Gasteiger partial charge on any atom is -0.495 e. The van der Waals surface area contributed by atoms with Crippen LogP contribution in [0.5, 0.6) is 5.75 Å². The molecule has 0 spiro atoms. The highest BCUT2D eigenvalue weighted by Crippen LogP contribution is 2.28. The fourth-order valence-corrected chi connectivity index (χ4v) is 3.61. The summed E-state index contributed by atoms with van der Waals surface area (Å²) in [6, 6.07) is 8.09. The summed E-state index contributed by atoms with van der Waals surface area (Å²) >= 11 is 0. The largest absolute Gasteiger partial charge is 0.495 e. The van der Waals surface area contributed by atoms with E-state index in [2.05, 4.69) is 11.0 Å². The molecular formula is C19H28N2O3. The first-order chi connectivity index (χ1) is 11.8. The molecule has 2 aliphatic rings. The van der Waals surface area contributed by atoms with Crippen molar-refractivity contribution in [2.45, 2.75) is 25.7 Å². The van der Waals surface area contributed by atoms with Crippen LogP contribution in [0.1, 0.15) is 25.7 Å². The standard InChI is InChI=1S/C19H28N2O3/c1-23-18-5-3-2-4-17(18)20-10-12-21(13-11-20)19(22)7-6-16-8-14-24-15-9-16/h2-5,16H,6-15H2,1H3. The topological polar surface area (TPSA) is 42.0 Å². The Hall–Kier alpha value is -1.75. The number of rotatable bonds is 5. The summed E-state index contributed by atoms with van der Waals surface area (Å²) in [5.74, 6) is 1.87. The number of ether oxygens (including phenoxy) is 2. The van der Waals surface area contributed by atoms with E-state index in [4.69, 9.17) is 9.47 Å². The molecule has 5 heteroatoms. The third kappa shape index (κ3) is 4.20. The van der Waals surface area contributed by atoms with Crippen molar-refractivity contribution >= 4 is 11.6 Å². The van der Waals surface area contributed by atoms with Crippen LogP contribution in [0.4, 0.5) is 5.69 Å². The first-order valence-electron chi connectivity index (χ1n) is 9.01. The molecule has 1 aromatic rings. The smallest absolute Gasteiger partial charge is 0.222 e. The van der Waals surface area contributed by atoms with Gasteiger partial charge in [-0.2, -0.15) is 0 Å². The van der Waals surface area contributed by atoms with E-state index in [1.54, 1.807) is 7.11 Å². The number of carbonyl (C=O) groups excluding carboxylic acids is 1. The van der Waals surface area contributed by atoms with Crippen molar-refractivity contribution in [3.05, 3.63) is 24.3 Å². The van der Waals surface area contributed by atoms with Gasteiger partial charge in [0.05, 0.1) is 12.8 Å². The number of nitrogens with zero attached hydrogens (tertiary/aromatic N) is 2. The van der Waals surface area contributed by atoms with E-state index < -0.39 is 0 Å². The normalized spacial score (nSPS) is 19.4. The van der Waals surface area contributed by atoms with Crippen molar-refractivity contribution in [2.24, 2.45) is 5.92 Å². The van der Waals surface area contributed by atoms with Crippen LogP contribution in [-0.2, 0) is 9.53 Å². The molecule has 0 saturated carbocycles. The first kappa shape index (κ1) is 17.1. The summed E-state index contributed by atoms with van der Waals surface area (Å²) in [7, 11) is 1.70. The number of hydrogen-bond donors (Lipinski definition) is 0. The zero-order valence-electron chi connectivity index (χ0n) is 14.6. The monoisotopic (exact) mass is 332 g/mol. The summed E-state index contributed by atoms with van der Waals surface area (Å²) in [6.45, 7) is 5.04. The lowest BCUT2D eigenvalue weighted by Gasteiger charge is -2.37. The molecule has 0 radical (unpaired) electrons. The van der Waals surface area contributed by atoms with Crippen LogP contribution in [0, 0.1) is 5.92 Å². The number of para-hydroxylation sites is 2. The average Bonchev–Trinajstić information content (AvgIpc) is 2.67. The Kier molecular flexibility index (Phi) is 5.96. The second-order valence-corrected chi connectivity index (χ2v) is 6.63. The molecule has 5 nitrogen and oxygen atoms in total. The molecule has 0 bridgehead atoms. The van der Waals surface area contributed by atoms with Crippen LogP contribution in [0.15, 0.2) is 24.3 Å². The molecule has 1 aromatic carbocycles. The molecule has 132 valence electrons. The van der Waals surface area contributed by atoms with Crippen LogP contribution in [0.2, 0.25) is 0 Å². The highest BCUT2D eigenvalue weighted by atomic mass is 16.5. The average molecular weight is 332 g/mol. The second-order valence-electron chi connectivity index (χ2n) is 6.63.